The van der Waals surface area contributed by atoms with E-state index in [1.54, 1.807) is 37.3 Å². The largest absolute Gasteiger partial charge is 0.485 e. The lowest BCUT2D eigenvalue weighted by molar-refractivity contribution is -0.139. The Balaban J connectivity index is 2.63. The number of esters is 2. The van der Waals surface area contributed by atoms with Crippen molar-refractivity contribution >= 4 is 17.6 Å². The van der Waals surface area contributed by atoms with Crippen LogP contribution in [-0.4, -0.2) is 39.2 Å². The number of nitrogens with zero attached hydrogens (tertiary/aromatic N) is 1. The lowest BCUT2D eigenvalue weighted by atomic mass is 10.1. The van der Waals surface area contributed by atoms with Gasteiger partial charge in [0, 0.05) is 6.20 Å². The molecule has 8 heteroatoms. The fourth-order valence-corrected chi connectivity index (χ4v) is 2.44. The van der Waals surface area contributed by atoms with Crippen LogP contribution >= 0.6 is 0 Å². The van der Waals surface area contributed by atoms with Gasteiger partial charge in [0.05, 0.1) is 25.5 Å². The molecule has 0 unspecified atom stereocenters. The van der Waals surface area contributed by atoms with Crippen LogP contribution in [0.3, 0.4) is 0 Å². The number of hydrogen-bond donors (Lipinski definition) is 0. The Labute approximate surface area is 155 Å². The zero-order valence-electron chi connectivity index (χ0n) is 15.1. The normalized spacial score (nSPS) is 13.6. The number of halogens is 2. The molecule has 0 aromatic heterocycles. The average molecular weight is 379 g/mol. The molecule has 0 radical (unpaired) electrons. The van der Waals surface area contributed by atoms with E-state index in [1.165, 1.54) is 31.4 Å². The maximum Gasteiger partial charge on any atom is 0.355 e. The molecule has 0 amide bonds. The zero-order chi connectivity index (χ0) is 20.0. The van der Waals surface area contributed by atoms with Gasteiger partial charge in [-0.3, -0.25) is 0 Å². The van der Waals surface area contributed by atoms with Crippen molar-refractivity contribution in [2.75, 3.05) is 25.7 Å². The molecule has 2 rings (SSSR count). The average Bonchev–Trinajstić information content (AvgIpc) is 2.88. The van der Waals surface area contributed by atoms with Crippen LogP contribution in [0.2, 0.25) is 0 Å². The lowest BCUT2D eigenvalue weighted by Gasteiger charge is -2.25. The van der Waals surface area contributed by atoms with Crippen LogP contribution < -0.4 is 9.64 Å². The first kappa shape index (κ1) is 20.2. The van der Waals surface area contributed by atoms with E-state index in [9.17, 15) is 18.4 Å². The minimum Gasteiger partial charge on any atom is -0.485 e. The number of methoxy groups -OCH3 is 2. The fraction of sp³-hybridized carbons (Fsp3) is 0.263. The number of ether oxygens (including phenoxy) is 3. The molecular weight excluding hydrogens is 360 g/mol. The maximum atomic E-state index is 12.6. The minimum atomic E-state index is -2.67. The van der Waals surface area contributed by atoms with Crippen molar-refractivity contribution in [1.82, 2.24) is 0 Å². The van der Waals surface area contributed by atoms with Crippen molar-refractivity contribution in [2.24, 2.45) is 0 Å². The van der Waals surface area contributed by atoms with Crippen LogP contribution in [0.4, 0.5) is 14.5 Å². The Morgan fingerprint density at radius 3 is 2.44 bits per heavy atom. The van der Waals surface area contributed by atoms with E-state index in [4.69, 9.17) is 14.2 Å². The molecule has 27 heavy (non-hydrogen) atoms. The maximum absolute atomic E-state index is 12.6. The molecule has 0 N–H and O–H groups in total. The van der Waals surface area contributed by atoms with Gasteiger partial charge in [0.1, 0.15) is 18.1 Å². The summed E-state index contributed by atoms with van der Waals surface area (Å²) < 4.78 is 40.0. The molecule has 1 aromatic rings. The summed E-state index contributed by atoms with van der Waals surface area (Å²) in [5.41, 5.74) is 0.898. The molecule has 6 nitrogen and oxygen atoms in total. The number of carbonyl (C=O) groups is 2. The van der Waals surface area contributed by atoms with Crippen LogP contribution in [0, 0.1) is 6.92 Å². The van der Waals surface area contributed by atoms with E-state index in [0.29, 0.717) is 5.69 Å². The summed E-state index contributed by atoms with van der Waals surface area (Å²) in [4.78, 5) is 25.9. The Hall–Kier alpha value is -3.16. The third-order valence-electron chi connectivity index (χ3n) is 3.63. The molecule has 144 valence electrons. The predicted octanol–water partition coefficient (Wildman–Crippen LogP) is 3.13. The van der Waals surface area contributed by atoms with Crippen LogP contribution in [0.1, 0.15) is 5.56 Å². The third kappa shape index (κ3) is 4.72. The molecular formula is C19H19F2NO5. The van der Waals surface area contributed by atoms with Crippen molar-refractivity contribution in [3.63, 3.8) is 0 Å². The Bertz CT molecular complexity index is 814. The number of carbonyl (C=O) groups excluding carboxylic acids is 2. The summed E-state index contributed by atoms with van der Waals surface area (Å²) in [6.45, 7) is 0.961. The second-order valence-electron chi connectivity index (χ2n) is 5.49. The molecule has 0 fully saturated rings. The molecule has 0 atom stereocenters. The number of rotatable bonds is 6. The van der Waals surface area contributed by atoms with Gasteiger partial charge in [-0.25, -0.2) is 18.4 Å². The monoisotopic (exact) mass is 379 g/mol. The number of benzene rings is 1. The van der Waals surface area contributed by atoms with Gasteiger partial charge in [-0.1, -0.05) is 12.1 Å². The number of anilines is 1. The topological polar surface area (TPSA) is 65.1 Å². The van der Waals surface area contributed by atoms with Crippen LogP contribution in [0.5, 0.6) is 5.75 Å². The van der Waals surface area contributed by atoms with Crippen molar-refractivity contribution < 1.29 is 32.6 Å². The molecule has 1 heterocycles. The van der Waals surface area contributed by atoms with Crippen LogP contribution in [0.15, 0.2) is 53.9 Å². The van der Waals surface area contributed by atoms with Gasteiger partial charge < -0.3 is 19.1 Å². The molecule has 0 saturated carbocycles. The van der Waals surface area contributed by atoms with Gasteiger partial charge in [-0.2, -0.15) is 0 Å². The Morgan fingerprint density at radius 2 is 1.81 bits per heavy atom. The predicted molar refractivity (Wildman–Crippen MR) is 94.5 cm³/mol. The third-order valence-corrected chi connectivity index (χ3v) is 3.63. The van der Waals surface area contributed by atoms with E-state index >= 15 is 0 Å². The quantitative estimate of drug-likeness (QED) is 0.708. The second-order valence-corrected chi connectivity index (χ2v) is 5.49. The highest BCUT2D eigenvalue weighted by atomic mass is 19.3. The molecule has 0 saturated heterocycles. The van der Waals surface area contributed by atoms with E-state index in [-0.39, 0.29) is 17.0 Å². The molecule has 1 aromatic carbocycles. The van der Waals surface area contributed by atoms with Crippen molar-refractivity contribution in [2.45, 2.75) is 13.3 Å². The first-order chi connectivity index (χ1) is 12.9. The summed E-state index contributed by atoms with van der Waals surface area (Å²) >= 11 is 0. The van der Waals surface area contributed by atoms with Gasteiger partial charge >= 0.3 is 11.9 Å². The highest BCUT2D eigenvalue weighted by Crippen LogP contribution is 2.35. The van der Waals surface area contributed by atoms with E-state index in [0.717, 1.165) is 5.56 Å². The smallest absolute Gasteiger partial charge is 0.355 e. The number of alkyl halides is 2. The highest BCUT2D eigenvalue weighted by Gasteiger charge is 2.29. The summed E-state index contributed by atoms with van der Waals surface area (Å²) in [6.07, 6.45) is 3.36. The number of hydrogen-bond acceptors (Lipinski definition) is 6. The van der Waals surface area contributed by atoms with E-state index in [1.807, 2.05) is 0 Å². The van der Waals surface area contributed by atoms with Crippen molar-refractivity contribution in [3.8, 4) is 5.75 Å². The van der Waals surface area contributed by atoms with Gasteiger partial charge in [-0.05, 0) is 36.8 Å². The summed E-state index contributed by atoms with van der Waals surface area (Å²) in [7, 11) is 2.36. The SMILES string of the molecule is COC(=O)C1=C(C(=O)OC)N(c2ccc(C)cc2OCC(F)F)C=CC=C1. The first-order valence-corrected chi connectivity index (χ1v) is 7.95. The Kier molecular flexibility index (Phi) is 6.70. The molecule has 1 aliphatic rings. The van der Waals surface area contributed by atoms with E-state index in [2.05, 4.69) is 0 Å². The Morgan fingerprint density at radius 1 is 1.11 bits per heavy atom. The fourth-order valence-electron chi connectivity index (χ4n) is 2.44. The number of allylic oxidation sites excluding steroid dienone is 2. The van der Waals surface area contributed by atoms with Crippen LogP contribution in [-0.2, 0) is 19.1 Å². The second kappa shape index (κ2) is 8.98. The lowest BCUT2D eigenvalue weighted by Crippen LogP contribution is -2.27. The standard InChI is InChI=1S/C19H19F2NO5/c1-12-7-8-14(15(10-12)27-11-16(20)21)22-9-5-4-6-13(18(23)25-2)17(22)19(24)26-3/h4-10,16H,11H2,1-3H3. The van der Waals surface area contributed by atoms with Gasteiger partial charge in [0.25, 0.3) is 6.43 Å². The minimum absolute atomic E-state index is 0.0465. The molecule has 0 aliphatic carbocycles. The van der Waals surface area contributed by atoms with E-state index < -0.39 is 25.0 Å². The summed E-state index contributed by atoms with van der Waals surface area (Å²) in [5, 5.41) is 0. The van der Waals surface area contributed by atoms with Crippen molar-refractivity contribution in [1.29, 1.82) is 0 Å². The number of aryl methyl sites for hydroxylation is 1. The van der Waals surface area contributed by atoms with Gasteiger partial charge in [0.2, 0.25) is 0 Å². The molecule has 1 aliphatic heterocycles. The molecule has 0 spiro atoms. The molecule has 0 bridgehead atoms. The summed E-state index contributed by atoms with van der Waals surface area (Å²) in [6, 6.07) is 4.89. The summed E-state index contributed by atoms with van der Waals surface area (Å²) in [5.74, 6) is -1.41. The van der Waals surface area contributed by atoms with Crippen molar-refractivity contribution in [3.05, 3.63) is 59.5 Å². The van der Waals surface area contributed by atoms with Gasteiger partial charge in [0.15, 0.2) is 0 Å². The first-order valence-electron chi connectivity index (χ1n) is 7.95. The zero-order valence-corrected chi connectivity index (χ0v) is 15.1. The van der Waals surface area contributed by atoms with Crippen LogP contribution in [0.25, 0.3) is 0 Å². The highest BCUT2D eigenvalue weighted by molar-refractivity contribution is 6.05. The van der Waals surface area contributed by atoms with Gasteiger partial charge in [-0.15, -0.1) is 0 Å².